The first-order valence-corrected chi connectivity index (χ1v) is 7.17. The van der Waals surface area contributed by atoms with Gasteiger partial charge in [0.1, 0.15) is 10.8 Å². The monoisotopic (exact) mass is 272 g/mol. The molecular weight excluding hydrogens is 256 g/mol. The predicted molar refractivity (Wildman–Crippen MR) is 80.3 cm³/mol. The molecule has 4 nitrogen and oxygen atoms in total. The Labute approximate surface area is 116 Å². The fraction of sp³-hybridized carbons (Fsp3) is 0.286. The number of nitrogen functional groups attached to an aromatic ring is 1. The molecular formula is C14H16N4S. The number of para-hydroxylation sites is 2. The normalized spacial score (nSPS) is 11.3. The SMILES string of the molecule is CCCn1c(-c2c(C)nsc2N)nc2ccccc21. The van der Waals surface area contributed by atoms with Crippen LogP contribution in [0.5, 0.6) is 0 Å². The minimum atomic E-state index is 0.741. The molecule has 0 atom stereocenters. The van der Waals surface area contributed by atoms with Crippen LogP contribution in [-0.4, -0.2) is 13.9 Å². The van der Waals surface area contributed by atoms with E-state index >= 15 is 0 Å². The lowest BCUT2D eigenvalue weighted by Crippen LogP contribution is -2.01. The van der Waals surface area contributed by atoms with Gasteiger partial charge in [-0.05, 0) is 37.0 Å². The Hall–Kier alpha value is -1.88. The number of imidazole rings is 1. The first kappa shape index (κ1) is 12.2. The zero-order valence-corrected chi connectivity index (χ0v) is 11.9. The lowest BCUT2D eigenvalue weighted by molar-refractivity contribution is 0.704. The second-order valence-electron chi connectivity index (χ2n) is 4.58. The third kappa shape index (κ3) is 1.90. The maximum Gasteiger partial charge on any atom is 0.146 e. The van der Waals surface area contributed by atoms with E-state index in [1.165, 1.54) is 11.5 Å². The lowest BCUT2D eigenvalue weighted by atomic mass is 10.2. The molecule has 0 spiro atoms. The van der Waals surface area contributed by atoms with Gasteiger partial charge in [0.05, 0.1) is 22.3 Å². The molecule has 3 rings (SSSR count). The third-order valence-corrected chi connectivity index (χ3v) is 3.98. The molecule has 0 fully saturated rings. The molecule has 0 amide bonds. The van der Waals surface area contributed by atoms with Crippen LogP contribution in [0.15, 0.2) is 24.3 Å². The molecule has 0 saturated heterocycles. The highest BCUT2D eigenvalue weighted by Gasteiger charge is 2.18. The summed E-state index contributed by atoms with van der Waals surface area (Å²) < 4.78 is 6.57. The Morgan fingerprint density at radius 3 is 2.79 bits per heavy atom. The van der Waals surface area contributed by atoms with Crippen molar-refractivity contribution in [3.8, 4) is 11.4 Å². The van der Waals surface area contributed by atoms with Crippen LogP contribution in [0.25, 0.3) is 22.4 Å². The minimum Gasteiger partial charge on any atom is -0.389 e. The van der Waals surface area contributed by atoms with Gasteiger partial charge in [0.15, 0.2) is 0 Å². The average molecular weight is 272 g/mol. The van der Waals surface area contributed by atoms with Crippen molar-refractivity contribution in [1.29, 1.82) is 0 Å². The summed E-state index contributed by atoms with van der Waals surface area (Å²) in [5.41, 5.74) is 10.2. The van der Waals surface area contributed by atoms with Gasteiger partial charge in [0.25, 0.3) is 0 Å². The standard InChI is InChI=1S/C14H16N4S/c1-3-8-18-11-7-5-4-6-10(11)16-14(18)12-9(2)17-19-13(12)15/h4-7H,3,8,15H2,1-2H3. The molecule has 0 aliphatic carbocycles. The van der Waals surface area contributed by atoms with Gasteiger partial charge in [-0.2, -0.15) is 4.37 Å². The molecule has 3 aromatic rings. The Kier molecular flexibility index (Phi) is 2.98. The Bertz CT molecular complexity index is 707. The van der Waals surface area contributed by atoms with Crippen molar-refractivity contribution in [1.82, 2.24) is 13.9 Å². The number of fused-ring (bicyclic) bond motifs is 1. The molecule has 0 saturated carbocycles. The van der Waals surface area contributed by atoms with E-state index in [9.17, 15) is 0 Å². The Morgan fingerprint density at radius 2 is 2.11 bits per heavy atom. The van der Waals surface area contributed by atoms with Crippen LogP contribution in [-0.2, 0) is 6.54 Å². The van der Waals surface area contributed by atoms with E-state index in [0.29, 0.717) is 0 Å². The smallest absolute Gasteiger partial charge is 0.146 e. The molecule has 5 heteroatoms. The summed E-state index contributed by atoms with van der Waals surface area (Å²) in [6, 6.07) is 8.20. The summed E-state index contributed by atoms with van der Waals surface area (Å²) in [6.45, 7) is 5.09. The molecule has 1 aromatic carbocycles. The molecule has 98 valence electrons. The van der Waals surface area contributed by atoms with Crippen molar-refractivity contribution < 1.29 is 0 Å². The molecule has 2 N–H and O–H groups in total. The Balaban J connectivity index is 2.31. The number of nitrogens with zero attached hydrogens (tertiary/aromatic N) is 3. The number of aromatic nitrogens is 3. The maximum atomic E-state index is 6.06. The topological polar surface area (TPSA) is 56.7 Å². The van der Waals surface area contributed by atoms with Crippen LogP contribution in [0.1, 0.15) is 19.0 Å². The van der Waals surface area contributed by atoms with Crippen LogP contribution < -0.4 is 5.73 Å². The summed E-state index contributed by atoms with van der Waals surface area (Å²) in [7, 11) is 0. The molecule has 2 heterocycles. The van der Waals surface area contributed by atoms with E-state index < -0.39 is 0 Å². The van der Waals surface area contributed by atoms with Crippen molar-refractivity contribution in [2.75, 3.05) is 5.73 Å². The second kappa shape index (κ2) is 4.66. The second-order valence-corrected chi connectivity index (χ2v) is 5.39. The fourth-order valence-electron chi connectivity index (χ4n) is 2.38. The van der Waals surface area contributed by atoms with Gasteiger partial charge in [-0.25, -0.2) is 4.98 Å². The highest BCUT2D eigenvalue weighted by atomic mass is 32.1. The number of hydrogen-bond donors (Lipinski definition) is 1. The molecule has 19 heavy (non-hydrogen) atoms. The van der Waals surface area contributed by atoms with E-state index in [1.54, 1.807) is 0 Å². The van der Waals surface area contributed by atoms with Gasteiger partial charge < -0.3 is 10.3 Å². The number of benzene rings is 1. The van der Waals surface area contributed by atoms with Gasteiger partial charge in [-0.15, -0.1) is 0 Å². The minimum absolute atomic E-state index is 0.741. The quantitative estimate of drug-likeness (QED) is 0.794. The number of nitrogens with two attached hydrogens (primary N) is 1. The van der Waals surface area contributed by atoms with E-state index in [0.717, 1.165) is 46.1 Å². The molecule has 0 aliphatic rings. The highest BCUT2D eigenvalue weighted by molar-refractivity contribution is 7.10. The van der Waals surface area contributed by atoms with Crippen molar-refractivity contribution >= 4 is 27.6 Å². The van der Waals surface area contributed by atoms with Gasteiger partial charge >= 0.3 is 0 Å². The molecule has 0 radical (unpaired) electrons. The van der Waals surface area contributed by atoms with Gasteiger partial charge in [-0.3, -0.25) is 0 Å². The third-order valence-electron chi connectivity index (χ3n) is 3.21. The largest absolute Gasteiger partial charge is 0.389 e. The van der Waals surface area contributed by atoms with Crippen LogP contribution >= 0.6 is 11.5 Å². The number of rotatable bonds is 3. The first-order chi connectivity index (χ1) is 9.22. The zero-order valence-electron chi connectivity index (χ0n) is 11.1. The van der Waals surface area contributed by atoms with Gasteiger partial charge in [0.2, 0.25) is 0 Å². The highest BCUT2D eigenvalue weighted by Crippen LogP contribution is 2.33. The van der Waals surface area contributed by atoms with Crippen LogP contribution in [0.3, 0.4) is 0 Å². The van der Waals surface area contributed by atoms with Crippen molar-refractivity contribution in [3.63, 3.8) is 0 Å². The van der Waals surface area contributed by atoms with E-state index in [2.05, 4.69) is 21.9 Å². The number of aryl methyl sites for hydroxylation is 2. The predicted octanol–water partition coefficient (Wildman–Crippen LogP) is 3.46. The number of hydrogen-bond acceptors (Lipinski definition) is 4. The number of anilines is 1. The lowest BCUT2D eigenvalue weighted by Gasteiger charge is -2.07. The molecule has 0 aliphatic heterocycles. The summed E-state index contributed by atoms with van der Waals surface area (Å²) >= 11 is 1.34. The van der Waals surface area contributed by atoms with Gasteiger partial charge in [-0.1, -0.05) is 19.1 Å². The summed E-state index contributed by atoms with van der Waals surface area (Å²) in [6.07, 6.45) is 1.06. The van der Waals surface area contributed by atoms with Crippen LogP contribution in [0.2, 0.25) is 0 Å². The summed E-state index contributed by atoms with van der Waals surface area (Å²) in [5.74, 6) is 0.937. The van der Waals surface area contributed by atoms with Crippen LogP contribution in [0.4, 0.5) is 5.00 Å². The zero-order chi connectivity index (χ0) is 13.4. The van der Waals surface area contributed by atoms with E-state index in [-0.39, 0.29) is 0 Å². The first-order valence-electron chi connectivity index (χ1n) is 6.39. The molecule has 2 aromatic heterocycles. The summed E-state index contributed by atoms with van der Waals surface area (Å²) in [5, 5.41) is 0.741. The maximum absolute atomic E-state index is 6.06. The Morgan fingerprint density at radius 1 is 1.32 bits per heavy atom. The molecule has 0 bridgehead atoms. The van der Waals surface area contributed by atoms with E-state index in [4.69, 9.17) is 10.7 Å². The van der Waals surface area contributed by atoms with Crippen molar-refractivity contribution in [2.24, 2.45) is 0 Å². The average Bonchev–Trinajstić information content (AvgIpc) is 2.92. The summed E-state index contributed by atoms with van der Waals surface area (Å²) in [4.78, 5) is 4.75. The van der Waals surface area contributed by atoms with Crippen molar-refractivity contribution in [2.45, 2.75) is 26.8 Å². The van der Waals surface area contributed by atoms with Crippen LogP contribution in [0, 0.1) is 6.92 Å². The van der Waals surface area contributed by atoms with Crippen molar-refractivity contribution in [3.05, 3.63) is 30.0 Å². The fourth-order valence-corrected chi connectivity index (χ4v) is 3.03. The van der Waals surface area contributed by atoms with Gasteiger partial charge in [0, 0.05) is 6.54 Å². The molecule has 0 unspecified atom stereocenters. The van der Waals surface area contributed by atoms with E-state index in [1.807, 2.05) is 25.1 Å².